The topological polar surface area (TPSA) is 58.6 Å². The Hall–Kier alpha value is -2.04. The third-order valence-corrected chi connectivity index (χ3v) is 4.80. The summed E-state index contributed by atoms with van der Waals surface area (Å²) in [5.41, 5.74) is 3.94. The van der Waals surface area contributed by atoms with Gasteiger partial charge in [0, 0.05) is 31.6 Å². The number of methoxy groups -OCH3 is 1. The van der Waals surface area contributed by atoms with Crippen LogP contribution < -0.4 is 10.1 Å². The van der Waals surface area contributed by atoms with E-state index < -0.39 is 0 Å². The molecule has 0 saturated carbocycles. The number of piperidine rings is 1. The van der Waals surface area contributed by atoms with Gasteiger partial charge in [-0.1, -0.05) is 0 Å². The van der Waals surface area contributed by atoms with Crippen LogP contribution >= 0.6 is 0 Å². The van der Waals surface area contributed by atoms with Crippen LogP contribution in [-0.4, -0.2) is 36.9 Å². The second-order valence-corrected chi connectivity index (χ2v) is 6.29. The van der Waals surface area contributed by atoms with Crippen molar-refractivity contribution in [2.75, 3.05) is 25.5 Å². The van der Waals surface area contributed by atoms with Gasteiger partial charge in [-0.3, -0.25) is 9.59 Å². The van der Waals surface area contributed by atoms with E-state index in [0.29, 0.717) is 13.1 Å². The molecule has 1 heterocycles. The van der Waals surface area contributed by atoms with Crippen molar-refractivity contribution in [3.05, 3.63) is 22.8 Å². The molecule has 1 aliphatic rings. The van der Waals surface area contributed by atoms with Gasteiger partial charge in [0.15, 0.2) is 0 Å². The van der Waals surface area contributed by atoms with Gasteiger partial charge in [-0.2, -0.15) is 0 Å². The van der Waals surface area contributed by atoms with Crippen molar-refractivity contribution in [3.8, 4) is 5.75 Å². The molecular weight excluding hydrogens is 292 g/mol. The maximum Gasteiger partial charge on any atom is 0.227 e. The summed E-state index contributed by atoms with van der Waals surface area (Å²) in [6.45, 7) is 8.87. The molecule has 1 aliphatic heterocycles. The average molecular weight is 318 g/mol. The molecule has 23 heavy (non-hydrogen) atoms. The zero-order chi connectivity index (χ0) is 17.1. The number of nitrogens with zero attached hydrogens (tertiary/aromatic N) is 1. The van der Waals surface area contributed by atoms with Crippen molar-refractivity contribution in [2.24, 2.45) is 5.92 Å². The fraction of sp³-hybridized carbons (Fsp3) is 0.556. The van der Waals surface area contributed by atoms with Crippen LogP contribution in [0.5, 0.6) is 5.75 Å². The molecule has 1 saturated heterocycles. The Kier molecular flexibility index (Phi) is 5.29. The Bertz CT molecular complexity index is 617. The number of hydrogen-bond acceptors (Lipinski definition) is 3. The molecule has 0 aliphatic carbocycles. The summed E-state index contributed by atoms with van der Waals surface area (Å²) < 4.78 is 5.42. The lowest BCUT2D eigenvalue weighted by molar-refractivity contribution is -0.132. The second kappa shape index (κ2) is 7.02. The number of carbonyl (C=O) groups is 2. The van der Waals surface area contributed by atoms with E-state index in [-0.39, 0.29) is 17.7 Å². The zero-order valence-electron chi connectivity index (χ0n) is 14.7. The fourth-order valence-corrected chi connectivity index (χ4v) is 3.19. The summed E-state index contributed by atoms with van der Waals surface area (Å²) >= 11 is 0. The number of nitrogens with one attached hydrogen (secondary N) is 1. The Labute approximate surface area is 138 Å². The highest BCUT2D eigenvalue weighted by Crippen LogP contribution is 2.32. The van der Waals surface area contributed by atoms with E-state index >= 15 is 0 Å². The predicted octanol–water partition coefficient (Wildman–Crippen LogP) is 2.82. The molecule has 0 bridgehead atoms. The maximum absolute atomic E-state index is 12.5. The van der Waals surface area contributed by atoms with E-state index in [2.05, 4.69) is 5.32 Å². The van der Waals surface area contributed by atoms with Gasteiger partial charge in [0.05, 0.1) is 7.11 Å². The van der Waals surface area contributed by atoms with Gasteiger partial charge in [-0.25, -0.2) is 0 Å². The molecule has 0 radical (unpaired) electrons. The maximum atomic E-state index is 12.5. The van der Waals surface area contributed by atoms with Crippen molar-refractivity contribution in [1.82, 2.24) is 4.90 Å². The minimum absolute atomic E-state index is 0.0345. The lowest BCUT2D eigenvalue weighted by Gasteiger charge is -2.30. The van der Waals surface area contributed by atoms with Gasteiger partial charge >= 0.3 is 0 Å². The van der Waals surface area contributed by atoms with Crippen LogP contribution in [0.25, 0.3) is 0 Å². The Morgan fingerprint density at radius 2 is 1.78 bits per heavy atom. The number of ether oxygens (including phenoxy) is 1. The van der Waals surface area contributed by atoms with E-state index in [1.165, 1.54) is 0 Å². The molecular formula is C18H26N2O3. The first kappa shape index (κ1) is 17.3. The number of carbonyl (C=O) groups excluding carboxylic acids is 2. The van der Waals surface area contributed by atoms with Crippen LogP contribution in [0, 0.1) is 26.7 Å². The van der Waals surface area contributed by atoms with Crippen LogP contribution in [0.15, 0.2) is 6.07 Å². The van der Waals surface area contributed by atoms with E-state index in [9.17, 15) is 9.59 Å². The molecule has 5 heteroatoms. The molecule has 1 fully saturated rings. The second-order valence-electron chi connectivity index (χ2n) is 6.29. The molecule has 0 atom stereocenters. The first-order chi connectivity index (χ1) is 10.8. The molecule has 2 amide bonds. The monoisotopic (exact) mass is 318 g/mol. The van der Waals surface area contributed by atoms with Gasteiger partial charge in [0.1, 0.15) is 5.75 Å². The lowest BCUT2D eigenvalue weighted by Crippen LogP contribution is -2.40. The van der Waals surface area contributed by atoms with Gasteiger partial charge in [-0.05, 0) is 56.4 Å². The summed E-state index contributed by atoms with van der Waals surface area (Å²) in [6, 6.07) is 1.96. The van der Waals surface area contributed by atoms with E-state index in [4.69, 9.17) is 4.74 Å². The summed E-state index contributed by atoms with van der Waals surface area (Å²) in [5.74, 6) is 0.962. The van der Waals surface area contributed by atoms with Crippen molar-refractivity contribution >= 4 is 17.5 Å². The van der Waals surface area contributed by atoms with Gasteiger partial charge in [-0.15, -0.1) is 0 Å². The Morgan fingerprint density at radius 1 is 1.17 bits per heavy atom. The minimum Gasteiger partial charge on any atom is -0.496 e. The SMILES string of the molecule is COc1c(C)cc(NC(=O)C2CCN(C(C)=O)CC2)c(C)c1C. The normalized spacial score (nSPS) is 15.4. The van der Waals surface area contributed by atoms with E-state index in [1.807, 2.05) is 26.8 Å². The van der Waals surface area contributed by atoms with Crippen LogP contribution in [0.3, 0.4) is 0 Å². The van der Waals surface area contributed by atoms with Crippen LogP contribution in [-0.2, 0) is 9.59 Å². The first-order valence-electron chi connectivity index (χ1n) is 8.06. The third kappa shape index (κ3) is 3.66. The highest BCUT2D eigenvalue weighted by atomic mass is 16.5. The number of likely N-dealkylation sites (tertiary alicyclic amines) is 1. The highest BCUT2D eigenvalue weighted by Gasteiger charge is 2.26. The summed E-state index contributed by atoms with van der Waals surface area (Å²) in [5, 5.41) is 3.06. The van der Waals surface area contributed by atoms with Crippen molar-refractivity contribution in [2.45, 2.75) is 40.5 Å². The molecule has 0 spiro atoms. The number of anilines is 1. The highest BCUT2D eigenvalue weighted by molar-refractivity contribution is 5.94. The van der Waals surface area contributed by atoms with Crippen molar-refractivity contribution < 1.29 is 14.3 Å². The van der Waals surface area contributed by atoms with Gasteiger partial charge < -0.3 is 15.0 Å². The smallest absolute Gasteiger partial charge is 0.227 e. The molecule has 0 unspecified atom stereocenters. The first-order valence-corrected chi connectivity index (χ1v) is 8.06. The van der Waals surface area contributed by atoms with E-state index in [0.717, 1.165) is 41.0 Å². The molecule has 5 nitrogen and oxygen atoms in total. The number of rotatable bonds is 3. The summed E-state index contributed by atoms with van der Waals surface area (Å²) in [6.07, 6.45) is 1.44. The van der Waals surface area contributed by atoms with Gasteiger partial charge in [0.2, 0.25) is 11.8 Å². The number of benzene rings is 1. The van der Waals surface area contributed by atoms with Gasteiger partial charge in [0.25, 0.3) is 0 Å². The predicted molar refractivity (Wildman–Crippen MR) is 90.8 cm³/mol. The molecule has 0 aromatic heterocycles. The average Bonchev–Trinajstić information content (AvgIpc) is 2.52. The Morgan fingerprint density at radius 3 is 2.30 bits per heavy atom. The summed E-state index contributed by atoms with van der Waals surface area (Å²) in [7, 11) is 1.66. The summed E-state index contributed by atoms with van der Waals surface area (Å²) in [4.78, 5) is 25.7. The fourth-order valence-electron chi connectivity index (χ4n) is 3.19. The molecule has 126 valence electrons. The molecule has 1 N–H and O–H groups in total. The quantitative estimate of drug-likeness (QED) is 0.932. The third-order valence-electron chi connectivity index (χ3n) is 4.80. The molecule has 1 aromatic carbocycles. The van der Waals surface area contributed by atoms with Crippen molar-refractivity contribution in [1.29, 1.82) is 0 Å². The Balaban J connectivity index is 2.08. The van der Waals surface area contributed by atoms with Crippen LogP contribution in [0.2, 0.25) is 0 Å². The number of amides is 2. The van der Waals surface area contributed by atoms with Crippen LogP contribution in [0.1, 0.15) is 36.5 Å². The molecule has 2 rings (SSSR count). The zero-order valence-corrected chi connectivity index (χ0v) is 14.7. The molecule has 1 aromatic rings. The van der Waals surface area contributed by atoms with Crippen LogP contribution in [0.4, 0.5) is 5.69 Å². The van der Waals surface area contributed by atoms with Crippen molar-refractivity contribution in [3.63, 3.8) is 0 Å². The lowest BCUT2D eigenvalue weighted by atomic mass is 9.95. The largest absolute Gasteiger partial charge is 0.496 e. The standard InChI is InChI=1S/C18H26N2O3/c1-11-10-16(12(2)13(3)17(11)23-5)19-18(22)15-6-8-20(9-7-15)14(4)21/h10,15H,6-9H2,1-5H3,(H,19,22). The number of hydrogen-bond donors (Lipinski definition) is 1. The van der Waals surface area contributed by atoms with E-state index in [1.54, 1.807) is 18.9 Å². The number of aryl methyl sites for hydroxylation is 1. The minimum atomic E-state index is -0.0345.